The summed E-state index contributed by atoms with van der Waals surface area (Å²) < 4.78 is 68.6. The highest BCUT2D eigenvalue weighted by molar-refractivity contribution is 7.47. The summed E-state index contributed by atoms with van der Waals surface area (Å²) in [4.78, 5) is 73.1. The van der Waals surface area contributed by atoms with Crippen molar-refractivity contribution in [2.24, 2.45) is 0 Å². The first-order valence-corrected chi connectivity index (χ1v) is 44.7. The Bertz CT molecular complexity index is 2660. The molecule has 17 nitrogen and oxygen atoms in total. The van der Waals surface area contributed by atoms with E-state index in [0.29, 0.717) is 32.1 Å². The molecule has 108 heavy (non-hydrogen) atoms. The minimum absolute atomic E-state index is 0.00837. The van der Waals surface area contributed by atoms with Crippen molar-refractivity contribution in [1.82, 2.24) is 0 Å². The highest BCUT2D eigenvalue weighted by Crippen LogP contribution is 2.45. The first-order chi connectivity index (χ1) is 52.7. The van der Waals surface area contributed by atoms with Gasteiger partial charge in [0.15, 0.2) is 12.2 Å². The number of hydrogen-bond acceptors (Lipinski definition) is 15. The molecular formula is C89H148O17P2. The SMILES string of the molecule is CC/C=C\C/C=C\C/C=C\C/C=C\C/C=C\CCCC(=O)OC(COC(=O)CCCCCCCC/C=C\C/C=C\C/C=C\CCCCC)COP(=O)(O)OCC(O)COP(=O)(O)OCC(COC(=O)CCCCCCCC/C=C\C/C=C\C/C=C\CCCCC)OC(=O)CCCCCCC/C=C\C/C=C\CCC. The number of unbranched alkanes of at least 4 members (excludes halogenated alkanes) is 25. The molecule has 0 radical (unpaired) electrons. The van der Waals surface area contributed by atoms with Crippen LogP contribution in [0.2, 0.25) is 0 Å². The monoisotopic (exact) mass is 1550 g/mol. The maximum Gasteiger partial charge on any atom is 0.472 e. The van der Waals surface area contributed by atoms with Crippen LogP contribution in [0, 0.1) is 0 Å². The van der Waals surface area contributed by atoms with Crippen LogP contribution in [0.3, 0.4) is 0 Å². The third-order valence-corrected chi connectivity index (χ3v) is 18.8. The Labute approximate surface area is 655 Å². The van der Waals surface area contributed by atoms with E-state index in [0.717, 1.165) is 199 Å². The Hall–Kier alpha value is -5.32. The minimum atomic E-state index is -5.01. The molecule has 0 saturated heterocycles. The fourth-order valence-corrected chi connectivity index (χ4v) is 12.2. The zero-order valence-corrected chi connectivity index (χ0v) is 69.3. The van der Waals surface area contributed by atoms with Gasteiger partial charge in [-0.3, -0.25) is 37.3 Å². The molecule has 0 saturated carbocycles. The van der Waals surface area contributed by atoms with E-state index in [4.69, 9.17) is 37.0 Å². The van der Waals surface area contributed by atoms with Crippen molar-refractivity contribution < 1.29 is 80.2 Å². The second kappa shape index (κ2) is 79.8. The zero-order chi connectivity index (χ0) is 78.9. The lowest BCUT2D eigenvalue weighted by Gasteiger charge is -2.21. The molecule has 5 atom stereocenters. The number of aliphatic hydroxyl groups is 1. The predicted octanol–water partition coefficient (Wildman–Crippen LogP) is 24.8. The van der Waals surface area contributed by atoms with Crippen molar-refractivity contribution in [2.75, 3.05) is 39.6 Å². The van der Waals surface area contributed by atoms with Gasteiger partial charge in [-0.2, -0.15) is 0 Å². The maximum atomic E-state index is 13.1. The van der Waals surface area contributed by atoms with Gasteiger partial charge >= 0.3 is 39.5 Å². The molecule has 0 fully saturated rings. The quantitative estimate of drug-likeness (QED) is 0.0169. The van der Waals surface area contributed by atoms with E-state index in [1.807, 2.05) is 12.2 Å². The van der Waals surface area contributed by atoms with Gasteiger partial charge in [-0.25, -0.2) is 9.13 Å². The van der Waals surface area contributed by atoms with E-state index in [2.05, 4.69) is 174 Å². The number of carbonyl (C=O) groups excluding carboxylic acids is 4. The summed E-state index contributed by atoms with van der Waals surface area (Å²) in [5, 5.41) is 10.7. The van der Waals surface area contributed by atoms with Crippen molar-refractivity contribution in [1.29, 1.82) is 0 Å². The maximum absolute atomic E-state index is 13.1. The Morgan fingerprint density at radius 1 is 0.269 bits per heavy atom. The summed E-state index contributed by atoms with van der Waals surface area (Å²) in [5.74, 6) is -2.29. The second-order valence-electron chi connectivity index (χ2n) is 27.3. The summed E-state index contributed by atoms with van der Waals surface area (Å²) in [6.45, 7) is 4.54. The fraction of sp³-hybridized carbons (Fsp3) is 0.663. The molecule has 0 heterocycles. The molecule has 616 valence electrons. The van der Waals surface area contributed by atoms with Gasteiger partial charge < -0.3 is 33.8 Å². The fourth-order valence-electron chi connectivity index (χ4n) is 10.6. The van der Waals surface area contributed by atoms with Crippen LogP contribution in [0.5, 0.6) is 0 Å². The van der Waals surface area contributed by atoms with Gasteiger partial charge in [-0.15, -0.1) is 0 Å². The van der Waals surface area contributed by atoms with E-state index >= 15 is 0 Å². The molecule has 0 spiro atoms. The molecule has 0 amide bonds. The van der Waals surface area contributed by atoms with Gasteiger partial charge in [0.25, 0.3) is 0 Å². The standard InChI is InChI=1S/C89H148O17P2/c1-5-9-13-17-21-25-29-33-36-39-41-44-46-50-53-57-61-65-69-73-86(91)99-79-84(105-88(93)75-71-67-63-59-55-49-32-28-24-20-16-12-8-4)81-103-107(95,96)101-77-83(90)78-102-108(97,98)104-82-85(106-89(94)76-72-68-64-60-56-52-48-43-38-35-31-27-23-19-15-11-7-3)80-100-87(92)74-70-66-62-58-54-51-47-45-42-40-37-34-30-26-22-18-14-10-6-2/h11,15-16,20-23,25-28,32-38,41-42,44-45,48,52,60,64,83-85,90H,5-10,12-14,17-19,24,29-31,39-40,43,46-47,49-51,53-59,61-63,65-82H2,1-4H3,(H,95,96)(H,97,98)/b15-11-,20-16-,25-21-,26-22-,27-23-,32-28-,36-33-,37-34-,38-35-,44-41-,45-42-,52-48-,64-60-. The topological polar surface area (TPSA) is 237 Å². The van der Waals surface area contributed by atoms with E-state index in [1.54, 1.807) is 0 Å². The molecule has 0 aromatic carbocycles. The average molecular weight is 1550 g/mol. The van der Waals surface area contributed by atoms with Gasteiger partial charge in [0.05, 0.1) is 26.4 Å². The van der Waals surface area contributed by atoms with Crippen LogP contribution in [0.1, 0.15) is 323 Å². The van der Waals surface area contributed by atoms with Gasteiger partial charge in [0.1, 0.15) is 19.3 Å². The van der Waals surface area contributed by atoms with Crippen molar-refractivity contribution >= 4 is 39.5 Å². The van der Waals surface area contributed by atoms with Gasteiger partial charge in [-0.1, -0.05) is 288 Å². The highest BCUT2D eigenvalue weighted by atomic mass is 31.2. The van der Waals surface area contributed by atoms with Gasteiger partial charge in [-0.05, 0) is 167 Å². The number of aliphatic hydroxyl groups excluding tert-OH is 1. The lowest BCUT2D eigenvalue weighted by molar-refractivity contribution is -0.161. The summed E-state index contributed by atoms with van der Waals surface area (Å²) in [5.41, 5.74) is 0. The lowest BCUT2D eigenvalue weighted by atomic mass is 10.1. The number of rotatable bonds is 77. The van der Waals surface area contributed by atoms with Crippen molar-refractivity contribution in [3.63, 3.8) is 0 Å². The van der Waals surface area contributed by atoms with Crippen molar-refractivity contribution in [2.45, 2.75) is 341 Å². The molecule has 0 aliphatic rings. The van der Waals surface area contributed by atoms with Crippen LogP contribution in [-0.4, -0.2) is 96.7 Å². The molecule has 0 bridgehead atoms. The first-order valence-electron chi connectivity index (χ1n) is 41.7. The second-order valence-corrected chi connectivity index (χ2v) is 30.2. The molecule has 19 heteroatoms. The normalized spacial score (nSPS) is 14.6. The molecule has 0 rings (SSSR count). The molecule has 5 unspecified atom stereocenters. The molecular weight excluding hydrogens is 1400 g/mol. The largest absolute Gasteiger partial charge is 0.472 e. The number of phosphoric acid groups is 2. The smallest absolute Gasteiger partial charge is 0.462 e. The van der Waals surface area contributed by atoms with Crippen LogP contribution < -0.4 is 0 Å². The predicted molar refractivity (Wildman–Crippen MR) is 445 cm³/mol. The van der Waals surface area contributed by atoms with Crippen LogP contribution in [0.25, 0.3) is 0 Å². The summed E-state index contributed by atoms with van der Waals surface area (Å²) in [6, 6.07) is 0. The van der Waals surface area contributed by atoms with Crippen molar-refractivity contribution in [3.05, 3.63) is 158 Å². The number of carbonyl (C=O) groups is 4. The van der Waals surface area contributed by atoms with Crippen molar-refractivity contribution in [3.8, 4) is 0 Å². The van der Waals surface area contributed by atoms with Crippen LogP contribution in [-0.2, 0) is 65.4 Å². The third-order valence-electron chi connectivity index (χ3n) is 16.9. The zero-order valence-electron chi connectivity index (χ0n) is 67.5. The highest BCUT2D eigenvalue weighted by Gasteiger charge is 2.30. The lowest BCUT2D eigenvalue weighted by Crippen LogP contribution is -2.30. The summed E-state index contributed by atoms with van der Waals surface area (Å²) in [7, 11) is -10.0. The van der Waals surface area contributed by atoms with Gasteiger partial charge in [0.2, 0.25) is 0 Å². The third kappa shape index (κ3) is 78.8. The van der Waals surface area contributed by atoms with E-state index in [9.17, 15) is 43.2 Å². The number of ether oxygens (including phenoxy) is 4. The summed E-state index contributed by atoms with van der Waals surface area (Å²) in [6.07, 6.45) is 93.6. The van der Waals surface area contributed by atoms with Crippen LogP contribution in [0.15, 0.2) is 158 Å². The van der Waals surface area contributed by atoms with Crippen LogP contribution >= 0.6 is 15.6 Å². The molecule has 0 aliphatic carbocycles. The number of esters is 4. The van der Waals surface area contributed by atoms with E-state index < -0.39 is 97.5 Å². The minimum Gasteiger partial charge on any atom is -0.462 e. The number of allylic oxidation sites excluding steroid dienone is 26. The van der Waals surface area contributed by atoms with E-state index in [-0.39, 0.29) is 25.7 Å². The van der Waals surface area contributed by atoms with E-state index in [1.165, 1.54) is 38.5 Å². The Kier molecular flexibility index (Phi) is 75.8. The molecule has 0 aliphatic heterocycles. The molecule has 0 aromatic heterocycles. The number of phosphoric ester groups is 2. The Balaban J connectivity index is 5.44. The molecule has 3 N–H and O–H groups in total. The number of hydrogen-bond donors (Lipinski definition) is 3. The summed E-state index contributed by atoms with van der Waals surface area (Å²) >= 11 is 0. The average Bonchev–Trinajstić information content (AvgIpc) is 0.905. The Morgan fingerprint density at radius 3 is 0.815 bits per heavy atom. The van der Waals surface area contributed by atoms with Crippen LogP contribution in [0.4, 0.5) is 0 Å². The first kappa shape index (κ1) is 103. The molecule has 0 aromatic rings. The Morgan fingerprint density at radius 2 is 0.509 bits per heavy atom. The van der Waals surface area contributed by atoms with Gasteiger partial charge in [0, 0.05) is 25.7 Å².